The Balaban J connectivity index is 2.32. The number of halogens is 1. The molecule has 0 aromatic carbocycles. The van der Waals surface area contributed by atoms with Crippen LogP contribution >= 0.6 is 11.6 Å². The summed E-state index contributed by atoms with van der Waals surface area (Å²) in [7, 11) is 1.97. The molecule has 20 heavy (non-hydrogen) atoms. The van der Waals surface area contributed by atoms with Crippen molar-refractivity contribution >= 4 is 17.4 Å². The predicted octanol–water partition coefficient (Wildman–Crippen LogP) is 2.84. The van der Waals surface area contributed by atoms with Crippen LogP contribution in [0.5, 0.6) is 0 Å². The molecule has 0 radical (unpaired) electrons. The minimum Gasteiger partial charge on any atom is -0.383 e. The fourth-order valence-corrected chi connectivity index (χ4v) is 3.41. The summed E-state index contributed by atoms with van der Waals surface area (Å²) in [4.78, 5) is 6.73. The molecular formula is C15H25ClN4. The second-order valence-electron chi connectivity index (χ2n) is 6.05. The monoisotopic (exact) mass is 296 g/mol. The van der Waals surface area contributed by atoms with E-state index < -0.39 is 0 Å². The average molecular weight is 297 g/mol. The van der Waals surface area contributed by atoms with Crippen LogP contribution in [0.15, 0.2) is 12.3 Å². The van der Waals surface area contributed by atoms with Crippen LogP contribution < -0.4 is 11.1 Å². The molecule has 4 nitrogen and oxygen atoms in total. The Hall–Kier alpha value is -0.840. The first-order valence-corrected chi connectivity index (χ1v) is 7.68. The fraction of sp³-hybridized carbons (Fsp3) is 0.667. The van der Waals surface area contributed by atoms with E-state index in [2.05, 4.69) is 29.0 Å². The molecule has 1 fully saturated rings. The Bertz CT molecular complexity index is 455. The summed E-state index contributed by atoms with van der Waals surface area (Å²) in [5, 5.41) is 4.03. The van der Waals surface area contributed by atoms with Crippen LogP contribution in [0.3, 0.4) is 0 Å². The van der Waals surface area contributed by atoms with Gasteiger partial charge in [-0.15, -0.1) is 0 Å². The molecule has 0 spiro atoms. The summed E-state index contributed by atoms with van der Waals surface area (Å²) in [5.74, 6) is 0.554. The van der Waals surface area contributed by atoms with E-state index >= 15 is 0 Å². The Labute approximate surface area is 126 Å². The molecule has 0 saturated carbocycles. The van der Waals surface area contributed by atoms with Crippen LogP contribution in [0.25, 0.3) is 0 Å². The van der Waals surface area contributed by atoms with Crippen molar-refractivity contribution in [3.05, 3.63) is 22.8 Å². The number of anilines is 1. The second-order valence-corrected chi connectivity index (χ2v) is 6.49. The number of pyridine rings is 1. The van der Waals surface area contributed by atoms with E-state index in [1.807, 2.05) is 13.1 Å². The van der Waals surface area contributed by atoms with E-state index in [-0.39, 0.29) is 11.6 Å². The smallest absolute Gasteiger partial charge is 0.128 e. The number of nitrogens with two attached hydrogens (primary N) is 1. The van der Waals surface area contributed by atoms with Crippen molar-refractivity contribution in [3.63, 3.8) is 0 Å². The van der Waals surface area contributed by atoms with Gasteiger partial charge in [-0.05, 0) is 52.9 Å². The van der Waals surface area contributed by atoms with Crippen LogP contribution in [0, 0.1) is 0 Å². The van der Waals surface area contributed by atoms with Crippen LogP contribution in [-0.4, -0.2) is 35.6 Å². The Morgan fingerprint density at radius 3 is 2.60 bits per heavy atom. The van der Waals surface area contributed by atoms with Gasteiger partial charge in [-0.25, -0.2) is 4.98 Å². The highest BCUT2D eigenvalue weighted by atomic mass is 35.5. The average Bonchev–Trinajstić information content (AvgIpc) is 2.44. The Kier molecular flexibility index (Phi) is 4.89. The number of rotatable bonds is 4. The lowest BCUT2D eigenvalue weighted by Gasteiger charge is -2.46. The topological polar surface area (TPSA) is 54.2 Å². The van der Waals surface area contributed by atoms with Gasteiger partial charge in [0.15, 0.2) is 0 Å². The summed E-state index contributed by atoms with van der Waals surface area (Å²) in [5.41, 5.74) is 7.01. The van der Waals surface area contributed by atoms with Gasteiger partial charge >= 0.3 is 0 Å². The summed E-state index contributed by atoms with van der Waals surface area (Å²) < 4.78 is 0. The summed E-state index contributed by atoms with van der Waals surface area (Å²) in [6, 6.07) is 2.03. The second kappa shape index (κ2) is 6.29. The largest absolute Gasteiger partial charge is 0.383 e. The van der Waals surface area contributed by atoms with Crippen molar-refractivity contribution < 1.29 is 0 Å². The zero-order chi connectivity index (χ0) is 14.8. The van der Waals surface area contributed by atoms with Crippen LogP contribution in [0.2, 0.25) is 5.02 Å². The van der Waals surface area contributed by atoms with Gasteiger partial charge in [-0.2, -0.15) is 0 Å². The van der Waals surface area contributed by atoms with Gasteiger partial charge in [-0.3, -0.25) is 4.90 Å². The molecule has 0 aliphatic carbocycles. The number of hydrogen-bond acceptors (Lipinski definition) is 4. The first-order valence-electron chi connectivity index (χ1n) is 7.30. The van der Waals surface area contributed by atoms with E-state index in [0.717, 1.165) is 18.7 Å². The quantitative estimate of drug-likeness (QED) is 0.897. The lowest BCUT2D eigenvalue weighted by atomic mass is 9.85. The molecule has 0 bridgehead atoms. The van der Waals surface area contributed by atoms with Gasteiger partial charge in [0.2, 0.25) is 0 Å². The van der Waals surface area contributed by atoms with Crippen molar-refractivity contribution in [1.29, 1.82) is 0 Å². The number of nitrogens with one attached hydrogen (secondary N) is 1. The minimum atomic E-state index is -0.0321. The molecular weight excluding hydrogens is 272 g/mol. The van der Waals surface area contributed by atoms with E-state index in [1.54, 1.807) is 6.20 Å². The number of nitrogen functional groups attached to an aromatic ring is 1. The molecule has 2 rings (SSSR count). The Morgan fingerprint density at radius 1 is 1.35 bits per heavy atom. The molecule has 1 unspecified atom stereocenters. The number of aromatic nitrogens is 1. The normalized spacial score (nSPS) is 19.0. The molecule has 1 aliphatic heterocycles. The Morgan fingerprint density at radius 2 is 2.00 bits per heavy atom. The van der Waals surface area contributed by atoms with Crippen molar-refractivity contribution in [2.24, 2.45) is 0 Å². The van der Waals surface area contributed by atoms with Crippen molar-refractivity contribution in [3.8, 4) is 0 Å². The lowest BCUT2D eigenvalue weighted by molar-refractivity contribution is 0.0634. The third-order valence-corrected chi connectivity index (χ3v) is 4.60. The van der Waals surface area contributed by atoms with E-state index in [1.165, 1.54) is 19.3 Å². The third kappa shape index (κ3) is 3.08. The van der Waals surface area contributed by atoms with Gasteiger partial charge in [0.25, 0.3) is 0 Å². The standard InChI is InChI=1S/C15H25ClN4/c1-15(2,20-7-5-4-6-8-20)13(18-3)12-9-11(16)10-19-14(12)17/h9-10,13,18H,4-8H2,1-3H3,(H2,17,19). The van der Waals surface area contributed by atoms with E-state index in [9.17, 15) is 0 Å². The van der Waals surface area contributed by atoms with Gasteiger partial charge in [0.1, 0.15) is 5.82 Å². The molecule has 112 valence electrons. The van der Waals surface area contributed by atoms with E-state index in [4.69, 9.17) is 17.3 Å². The highest BCUT2D eigenvalue weighted by molar-refractivity contribution is 6.30. The number of hydrogen-bond donors (Lipinski definition) is 2. The molecule has 1 saturated heterocycles. The molecule has 5 heteroatoms. The maximum atomic E-state index is 6.09. The van der Waals surface area contributed by atoms with Gasteiger partial charge in [0, 0.05) is 17.3 Å². The molecule has 2 heterocycles. The predicted molar refractivity (Wildman–Crippen MR) is 85.0 cm³/mol. The highest BCUT2D eigenvalue weighted by Gasteiger charge is 2.37. The van der Waals surface area contributed by atoms with E-state index in [0.29, 0.717) is 10.8 Å². The van der Waals surface area contributed by atoms with Crippen molar-refractivity contribution in [2.75, 3.05) is 25.9 Å². The lowest BCUT2D eigenvalue weighted by Crippen LogP contribution is -2.53. The molecule has 1 aromatic heterocycles. The summed E-state index contributed by atoms with van der Waals surface area (Å²) in [6.45, 7) is 6.80. The maximum absolute atomic E-state index is 6.09. The number of likely N-dealkylation sites (tertiary alicyclic amines) is 1. The zero-order valence-electron chi connectivity index (χ0n) is 12.6. The molecule has 1 atom stereocenters. The highest BCUT2D eigenvalue weighted by Crippen LogP contribution is 2.35. The van der Waals surface area contributed by atoms with Crippen LogP contribution in [-0.2, 0) is 0 Å². The first-order chi connectivity index (χ1) is 9.46. The summed E-state index contributed by atoms with van der Waals surface area (Å²) in [6.07, 6.45) is 5.46. The number of piperidine rings is 1. The van der Waals surface area contributed by atoms with Crippen molar-refractivity contribution in [2.45, 2.75) is 44.7 Å². The zero-order valence-corrected chi connectivity index (χ0v) is 13.4. The molecule has 1 aliphatic rings. The third-order valence-electron chi connectivity index (χ3n) is 4.39. The summed E-state index contributed by atoms with van der Waals surface area (Å²) >= 11 is 6.09. The van der Waals surface area contributed by atoms with Crippen LogP contribution in [0.4, 0.5) is 5.82 Å². The minimum absolute atomic E-state index is 0.0321. The first kappa shape index (κ1) is 15.5. The van der Waals surface area contributed by atoms with Crippen molar-refractivity contribution in [1.82, 2.24) is 15.2 Å². The van der Waals surface area contributed by atoms with Gasteiger partial charge in [0.05, 0.1) is 11.1 Å². The van der Waals surface area contributed by atoms with Crippen LogP contribution in [0.1, 0.15) is 44.7 Å². The maximum Gasteiger partial charge on any atom is 0.128 e. The number of likely N-dealkylation sites (N-methyl/N-ethyl adjacent to an activating group) is 1. The van der Waals surface area contributed by atoms with Gasteiger partial charge < -0.3 is 11.1 Å². The SMILES string of the molecule is CNC(c1cc(Cl)cnc1N)C(C)(C)N1CCCCC1. The molecule has 3 N–H and O–H groups in total. The van der Waals surface area contributed by atoms with Gasteiger partial charge in [-0.1, -0.05) is 18.0 Å². The number of nitrogens with zero attached hydrogens (tertiary/aromatic N) is 2. The molecule has 1 aromatic rings. The fourth-order valence-electron chi connectivity index (χ4n) is 3.24. The molecule has 0 amide bonds.